The molecule has 0 N–H and O–H groups in total. The molecule has 0 radical (unpaired) electrons. The summed E-state index contributed by atoms with van der Waals surface area (Å²) in [7, 11) is 2.90. The lowest BCUT2D eigenvalue weighted by molar-refractivity contribution is -0.211. The summed E-state index contributed by atoms with van der Waals surface area (Å²) in [5, 5.41) is 0. The first kappa shape index (κ1) is 12.4. The first-order valence-corrected chi connectivity index (χ1v) is 5.23. The minimum absolute atomic E-state index is 0.189. The maximum atomic E-state index is 11.6. The normalized spacial score (nSPS) is 11.5. The molecule has 0 aromatic heterocycles. The van der Waals surface area contributed by atoms with Gasteiger partial charge in [0.15, 0.2) is 5.78 Å². The quantitative estimate of drug-likeness (QED) is 0.790. The molecule has 1 aromatic rings. The molecule has 0 aliphatic rings. The van der Waals surface area contributed by atoms with Crippen molar-refractivity contribution >= 4 is 21.7 Å². The predicted molar refractivity (Wildman–Crippen MR) is 60.5 cm³/mol. The van der Waals surface area contributed by atoms with Gasteiger partial charge in [0.05, 0.1) is 0 Å². The van der Waals surface area contributed by atoms with Gasteiger partial charge in [0.25, 0.3) is 5.79 Å². The van der Waals surface area contributed by atoms with Gasteiger partial charge in [0, 0.05) is 31.2 Å². The number of carbonyl (C=O) groups excluding carboxylic acids is 1. The minimum Gasteiger partial charge on any atom is -0.343 e. The average Bonchev–Trinajstić information content (AvgIpc) is 2.20. The maximum absolute atomic E-state index is 11.6. The number of rotatable bonds is 4. The van der Waals surface area contributed by atoms with Crippen molar-refractivity contribution in [2.45, 2.75) is 12.7 Å². The zero-order valence-corrected chi connectivity index (χ0v) is 10.5. The molecule has 0 amide bonds. The number of carbonyl (C=O) groups is 1. The molecule has 0 saturated carbocycles. The first-order chi connectivity index (χ1) is 7.06. The van der Waals surface area contributed by atoms with Crippen molar-refractivity contribution in [2.24, 2.45) is 0 Å². The second-order valence-electron chi connectivity index (χ2n) is 3.09. The molecule has 1 rings (SSSR count). The number of hydrogen-bond acceptors (Lipinski definition) is 3. The topological polar surface area (TPSA) is 35.5 Å². The van der Waals surface area contributed by atoms with E-state index in [2.05, 4.69) is 15.9 Å². The Kier molecular flexibility index (Phi) is 4.02. The van der Waals surface area contributed by atoms with Crippen molar-refractivity contribution in [2.75, 3.05) is 14.2 Å². The zero-order valence-electron chi connectivity index (χ0n) is 8.91. The Morgan fingerprint density at radius 1 is 1.33 bits per heavy atom. The van der Waals surface area contributed by atoms with E-state index in [1.165, 1.54) is 21.1 Å². The van der Waals surface area contributed by atoms with E-state index in [1.54, 1.807) is 12.1 Å². The largest absolute Gasteiger partial charge is 0.343 e. The molecule has 15 heavy (non-hydrogen) atoms. The van der Waals surface area contributed by atoms with Crippen LogP contribution in [0.2, 0.25) is 0 Å². The molecule has 0 fully saturated rings. The van der Waals surface area contributed by atoms with Crippen molar-refractivity contribution in [3.8, 4) is 0 Å². The summed E-state index contributed by atoms with van der Waals surface area (Å²) in [5.41, 5.74) is 0.675. The Labute approximate surface area is 97.5 Å². The van der Waals surface area contributed by atoms with Crippen molar-refractivity contribution in [1.82, 2.24) is 0 Å². The Bertz CT molecular complexity index is 359. The number of ketones is 1. The highest BCUT2D eigenvalue weighted by atomic mass is 79.9. The standard InChI is InChI=1S/C11H13BrO3/c1-8(13)11(14-2,15-3)9-5-4-6-10(12)7-9/h4-7H,1-3H3. The monoisotopic (exact) mass is 272 g/mol. The van der Waals surface area contributed by atoms with Crippen LogP contribution in [-0.4, -0.2) is 20.0 Å². The Balaban J connectivity index is 3.26. The summed E-state index contributed by atoms with van der Waals surface area (Å²) in [6, 6.07) is 7.29. The van der Waals surface area contributed by atoms with E-state index < -0.39 is 5.79 Å². The van der Waals surface area contributed by atoms with Crippen LogP contribution in [0.25, 0.3) is 0 Å². The number of Topliss-reactive ketones (excluding diaryl/α,β-unsaturated/α-hetero) is 1. The second kappa shape index (κ2) is 4.88. The molecule has 0 saturated heterocycles. The predicted octanol–water partition coefficient (Wildman–Crippen LogP) is 2.48. The fourth-order valence-electron chi connectivity index (χ4n) is 1.50. The third kappa shape index (κ3) is 2.27. The zero-order chi connectivity index (χ0) is 11.5. The highest BCUT2D eigenvalue weighted by Gasteiger charge is 2.37. The third-order valence-electron chi connectivity index (χ3n) is 2.24. The molecule has 0 heterocycles. The summed E-state index contributed by atoms with van der Waals surface area (Å²) in [4.78, 5) is 11.6. The minimum atomic E-state index is -1.30. The second-order valence-corrected chi connectivity index (χ2v) is 4.01. The molecule has 4 heteroatoms. The number of halogens is 1. The molecular weight excluding hydrogens is 260 g/mol. The number of hydrogen-bond donors (Lipinski definition) is 0. The van der Waals surface area contributed by atoms with Crippen LogP contribution >= 0.6 is 15.9 Å². The molecule has 82 valence electrons. The molecule has 1 aromatic carbocycles. The highest BCUT2D eigenvalue weighted by molar-refractivity contribution is 9.10. The van der Waals surface area contributed by atoms with Gasteiger partial charge < -0.3 is 9.47 Å². The van der Waals surface area contributed by atoms with Crippen LogP contribution in [0.1, 0.15) is 12.5 Å². The van der Waals surface area contributed by atoms with Crippen molar-refractivity contribution in [3.63, 3.8) is 0 Å². The van der Waals surface area contributed by atoms with Gasteiger partial charge in [-0.25, -0.2) is 0 Å². The van der Waals surface area contributed by atoms with Crippen molar-refractivity contribution in [3.05, 3.63) is 34.3 Å². The van der Waals surface area contributed by atoms with Gasteiger partial charge in [0.1, 0.15) is 0 Å². The van der Waals surface area contributed by atoms with Crippen molar-refractivity contribution in [1.29, 1.82) is 0 Å². The lowest BCUT2D eigenvalue weighted by atomic mass is 10.0. The molecular formula is C11H13BrO3. The van der Waals surface area contributed by atoms with E-state index in [-0.39, 0.29) is 5.78 Å². The van der Waals surface area contributed by atoms with E-state index in [4.69, 9.17) is 9.47 Å². The smallest absolute Gasteiger partial charge is 0.255 e. The van der Waals surface area contributed by atoms with Crippen LogP contribution in [0, 0.1) is 0 Å². The van der Waals surface area contributed by atoms with Gasteiger partial charge in [-0.15, -0.1) is 0 Å². The van der Waals surface area contributed by atoms with Crippen molar-refractivity contribution < 1.29 is 14.3 Å². The van der Waals surface area contributed by atoms with E-state index in [0.717, 1.165) is 4.47 Å². The van der Waals surface area contributed by atoms with E-state index >= 15 is 0 Å². The Hall–Kier alpha value is -0.710. The van der Waals surface area contributed by atoms with Gasteiger partial charge in [-0.1, -0.05) is 28.1 Å². The maximum Gasteiger partial charge on any atom is 0.255 e. The van der Waals surface area contributed by atoms with Gasteiger partial charge in [0.2, 0.25) is 0 Å². The highest BCUT2D eigenvalue weighted by Crippen LogP contribution is 2.28. The SMILES string of the molecule is COC(OC)(C(C)=O)c1cccc(Br)c1. The van der Waals surface area contributed by atoms with Crippen LogP contribution in [0.15, 0.2) is 28.7 Å². The van der Waals surface area contributed by atoms with Crippen LogP contribution in [-0.2, 0) is 20.1 Å². The van der Waals surface area contributed by atoms with Gasteiger partial charge >= 0.3 is 0 Å². The van der Waals surface area contributed by atoms with E-state index in [1.807, 2.05) is 12.1 Å². The first-order valence-electron chi connectivity index (χ1n) is 4.44. The summed E-state index contributed by atoms with van der Waals surface area (Å²) in [6.07, 6.45) is 0. The van der Waals surface area contributed by atoms with Crippen LogP contribution in [0.3, 0.4) is 0 Å². The molecule has 0 spiro atoms. The Morgan fingerprint density at radius 2 is 1.93 bits per heavy atom. The molecule has 0 aliphatic carbocycles. The number of methoxy groups -OCH3 is 2. The fourth-order valence-corrected chi connectivity index (χ4v) is 1.90. The fraction of sp³-hybridized carbons (Fsp3) is 0.364. The third-order valence-corrected chi connectivity index (χ3v) is 2.74. The lowest BCUT2D eigenvalue weighted by Crippen LogP contribution is -2.38. The van der Waals surface area contributed by atoms with E-state index in [9.17, 15) is 4.79 Å². The van der Waals surface area contributed by atoms with Gasteiger partial charge in [-0.05, 0) is 12.1 Å². The summed E-state index contributed by atoms with van der Waals surface area (Å²) >= 11 is 3.34. The lowest BCUT2D eigenvalue weighted by Gasteiger charge is -2.28. The van der Waals surface area contributed by atoms with Crippen LogP contribution in [0.4, 0.5) is 0 Å². The molecule has 0 aliphatic heterocycles. The summed E-state index contributed by atoms with van der Waals surface area (Å²) < 4.78 is 11.3. The Morgan fingerprint density at radius 3 is 2.33 bits per heavy atom. The average molecular weight is 273 g/mol. The number of benzene rings is 1. The summed E-state index contributed by atoms with van der Waals surface area (Å²) in [5.74, 6) is -1.49. The molecule has 0 bridgehead atoms. The molecule has 3 nitrogen and oxygen atoms in total. The number of ether oxygens (including phenoxy) is 2. The van der Waals surface area contributed by atoms with Crippen LogP contribution < -0.4 is 0 Å². The molecule has 0 unspecified atom stereocenters. The van der Waals surface area contributed by atoms with Gasteiger partial charge in [-0.2, -0.15) is 0 Å². The van der Waals surface area contributed by atoms with Gasteiger partial charge in [-0.3, -0.25) is 4.79 Å². The van der Waals surface area contributed by atoms with Crippen LogP contribution in [0.5, 0.6) is 0 Å². The van der Waals surface area contributed by atoms with E-state index in [0.29, 0.717) is 5.56 Å². The summed E-state index contributed by atoms with van der Waals surface area (Å²) in [6.45, 7) is 1.44. The molecule has 0 atom stereocenters.